The Morgan fingerprint density at radius 1 is 1.03 bits per heavy atom. The molecule has 6 nitrogen and oxygen atoms in total. The number of rotatable bonds is 6. The fourth-order valence-corrected chi connectivity index (χ4v) is 4.15. The van der Waals surface area contributed by atoms with Crippen LogP contribution in [-0.4, -0.2) is 23.6 Å². The molecule has 2 amide bonds. The van der Waals surface area contributed by atoms with Crippen LogP contribution >= 0.6 is 11.8 Å². The molecule has 1 saturated heterocycles. The van der Waals surface area contributed by atoms with Gasteiger partial charge in [0.2, 0.25) is 0 Å². The van der Waals surface area contributed by atoms with Gasteiger partial charge in [-0.25, -0.2) is 4.99 Å². The number of carbonyl (C=O) groups is 2. The van der Waals surface area contributed by atoms with Crippen LogP contribution in [-0.2, 0) is 9.59 Å². The number of hydrogen-bond acceptors (Lipinski definition) is 5. The summed E-state index contributed by atoms with van der Waals surface area (Å²) in [6, 6.07) is 20.8. The Labute approximate surface area is 203 Å². The topological polar surface area (TPSA) is 79.8 Å². The summed E-state index contributed by atoms with van der Waals surface area (Å²) >= 11 is 1.29. The third-order valence-corrected chi connectivity index (χ3v) is 6.11. The summed E-state index contributed by atoms with van der Waals surface area (Å²) < 4.78 is 5.66. The van der Waals surface area contributed by atoms with Crippen molar-refractivity contribution in [2.24, 2.45) is 4.99 Å². The van der Waals surface area contributed by atoms with Crippen LogP contribution in [0.3, 0.4) is 0 Å². The number of amidine groups is 1. The first-order valence-corrected chi connectivity index (χ1v) is 11.6. The van der Waals surface area contributed by atoms with Crippen molar-refractivity contribution in [3.63, 3.8) is 0 Å². The number of hydrogen-bond donors (Lipinski definition) is 2. The second-order valence-electron chi connectivity index (χ2n) is 8.03. The van der Waals surface area contributed by atoms with E-state index in [1.54, 1.807) is 18.2 Å². The van der Waals surface area contributed by atoms with Crippen molar-refractivity contribution in [2.75, 3.05) is 11.9 Å². The average molecular weight is 472 g/mol. The van der Waals surface area contributed by atoms with Crippen LogP contribution in [0.4, 0.5) is 11.4 Å². The monoisotopic (exact) mass is 471 g/mol. The maximum Gasteiger partial charge on any atom is 0.264 e. The minimum absolute atomic E-state index is 0.116. The Kier molecular flexibility index (Phi) is 7.13. The van der Waals surface area contributed by atoms with Crippen LogP contribution in [0.2, 0.25) is 0 Å². The van der Waals surface area contributed by atoms with Gasteiger partial charge in [0.25, 0.3) is 11.8 Å². The number of aliphatic imine (C=N–C) groups is 1. The lowest BCUT2D eigenvalue weighted by molar-refractivity contribution is -0.118. The van der Waals surface area contributed by atoms with Crippen LogP contribution < -0.4 is 15.4 Å². The highest BCUT2D eigenvalue weighted by Gasteiger charge is 2.23. The predicted octanol–water partition coefficient (Wildman–Crippen LogP) is 5.52. The third-order valence-electron chi connectivity index (χ3n) is 5.20. The summed E-state index contributed by atoms with van der Waals surface area (Å²) in [7, 11) is 0. The van der Waals surface area contributed by atoms with Gasteiger partial charge in [-0.3, -0.25) is 9.59 Å². The summed E-state index contributed by atoms with van der Waals surface area (Å²) in [5.41, 5.74) is 5.71. The minimum atomic E-state index is -0.241. The van der Waals surface area contributed by atoms with Gasteiger partial charge in [-0.2, -0.15) is 0 Å². The van der Waals surface area contributed by atoms with Crippen LogP contribution in [0.15, 0.2) is 76.6 Å². The largest absolute Gasteiger partial charge is 0.484 e. The molecule has 0 spiro atoms. The zero-order valence-corrected chi connectivity index (χ0v) is 20.0. The van der Waals surface area contributed by atoms with Crippen LogP contribution in [0.1, 0.15) is 22.3 Å². The van der Waals surface area contributed by atoms with E-state index < -0.39 is 0 Å². The van der Waals surface area contributed by atoms with E-state index in [1.165, 1.54) is 17.3 Å². The highest BCUT2D eigenvalue weighted by Crippen LogP contribution is 2.29. The van der Waals surface area contributed by atoms with Gasteiger partial charge in [-0.1, -0.05) is 30.3 Å². The maximum atomic E-state index is 12.4. The Bertz CT molecular complexity index is 1310. The zero-order valence-electron chi connectivity index (χ0n) is 19.2. The molecule has 4 rings (SSSR count). The molecule has 0 atom stereocenters. The van der Waals surface area contributed by atoms with E-state index in [0.717, 1.165) is 28.1 Å². The number of ether oxygens (including phenoxy) is 1. The quantitative estimate of drug-likeness (QED) is 0.464. The predicted molar refractivity (Wildman–Crippen MR) is 138 cm³/mol. The standard InChI is InChI=1S/C27H25N3O3S/c1-17-6-4-8-21(12-17)29-27-30-26(32)24(34-27)15-20-7-5-9-23(14-20)33-16-25(31)28-22-11-10-18(2)19(3)13-22/h4-15H,16H2,1-3H3,(H,28,31)(H,29,30,32)/b24-15-. The van der Waals surface area contributed by atoms with Crippen LogP contribution in [0.25, 0.3) is 6.08 Å². The number of nitrogens with zero attached hydrogens (tertiary/aromatic N) is 1. The molecule has 1 aliphatic heterocycles. The first-order valence-electron chi connectivity index (χ1n) is 10.8. The highest BCUT2D eigenvalue weighted by atomic mass is 32.2. The van der Waals surface area contributed by atoms with Crippen molar-refractivity contribution in [1.82, 2.24) is 5.32 Å². The first kappa shape index (κ1) is 23.3. The fourth-order valence-electron chi connectivity index (χ4n) is 3.31. The number of amides is 2. The average Bonchev–Trinajstić information content (AvgIpc) is 3.13. The zero-order chi connectivity index (χ0) is 24.1. The molecular weight excluding hydrogens is 446 g/mol. The maximum absolute atomic E-state index is 12.4. The first-order chi connectivity index (χ1) is 16.4. The second kappa shape index (κ2) is 10.4. The van der Waals surface area contributed by atoms with Gasteiger partial charge < -0.3 is 15.4 Å². The molecule has 3 aromatic carbocycles. The van der Waals surface area contributed by atoms with Gasteiger partial charge in [0, 0.05) is 5.69 Å². The van der Waals surface area contributed by atoms with E-state index in [1.807, 2.05) is 75.4 Å². The van der Waals surface area contributed by atoms with Gasteiger partial charge in [0.1, 0.15) is 5.75 Å². The Balaban J connectivity index is 1.38. The lowest BCUT2D eigenvalue weighted by Gasteiger charge is -2.09. The van der Waals surface area contributed by atoms with Gasteiger partial charge in [-0.15, -0.1) is 0 Å². The van der Waals surface area contributed by atoms with Crippen molar-refractivity contribution < 1.29 is 14.3 Å². The van der Waals surface area contributed by atoms with E-state index in [4.69, 9.17) is 4.74 Å². The van der Waals surface area contributed by atoms with Crippen molar-refractivity contribution in [3.05, 3.63) is 93.9 Å². The van der Waals surface area contributed by atoms with Crippen molar-refractivity contribution in [2.45, 2.75) is 20.8 Å². The second-order valence-corrected chi connectivity index (χ2v) is 9.06. The van der Waals surface area contributed by atoms with Crippen molar-refractivity contribution in [3.8, 4) is 5.75 Å². The lowest BCUT2D eigenvalue weighted by atomic mass is 10.1. The van der Waals surface area contributed by atoms with E-state index in [2.05, 4.69) is 15.6 Å². The molecule has 0 bridgehead atoms. The molecule has 2 N–H and O–H groups in total. The Morgan fingerprint density at radius 3 is 2.65 bits per heavy atom. The van der Waals surface area contributed by atoms with E-state index >= 15 is 0 Å². The fraction of sp³-hybridized carbons (Fsp3) is 0.148. The molecule has 7 heteroatoms. The Hall–Kier alpha value is -3.84. The van der Waals surface area contributed by atoms with Crippen LogP contribution in [0, 0.1) is 20.8 Å². The number of thioether (sulfide) groups is 1. The van der Waals surface area contributed by atoms with E-state index in [0.29, 0.717) is 15.8 Å². The number of aryl methyl sites for hydroxylation is 3. The number of carbonyl (C=O) groups excluding carboxylic acids is 2. The Morgan fingerprint density at radius 2 is 1.85 bits per heavy atom. The molecule has 34 heavy (non-hydrogen) atoms. The molecule has 0 aliphatic carbocycles. The highest BCUT2D eigenvalue weighted by molar-refractivity contribution is 8.18. The smallest absolute Gasteiger partial charge is 0.264 e. The summed E-state index contributed by atoms with van der Waals surface area (Å²) in [5, 5.41) is 6.18. The molecule has 172 valence electrons. The minimum Gasteiger partial charge on any atom is -0.484 e. The number of nitrogens with one attached hydrogen (secondary N) is 2. The molecule has 1 fully saturated rings. The summed E-state index contributed by atoms with van der Waals surface area (Å²) in [4.78, 5) is 29.7. The van der Waals surface area contributed by atoms with Crippen molar-refractivity contribution >= 4 is 46.2 Å². The summed E-state index contributed by atoms with van der Waals surface area (Å²) in [6.07, 6.45) is 1.78. The summed E-state index contributed by atoms with van der Waals surface area (Å²) in [5.74, 6) is 0.104. The third kappa shape index (κ3) is 6.14. The molecular formula is C27H25N3O3S. The van der Waals surface area contributed by atoms with E-state index in [-0.39, 0.29) is 18.4 Å². The molecule has 0 unspecified atom stereocenters. The molecule has 0 radical (unpaired) electrons. The lowest BCUT2D eigenvalue weighted by Crippen LogP contribution is -2.20. The molecule has 0 saturated carbocycles. The molecule has 0 aromatic heterocycles. The van der Waals surface area contributed by atoms with Gasteiger partial charge in [0.15, 0.2) is 11.8 Å². The number of anilines is 1. The van der Waals surface area contributed by atoms with Gasteiger partial charge >= 0.3 is 0 Å². The van der Waals surface area contributed by atoms with Gasteiger partial charge in [-0.05, 0) is 97.3 Å². The van der Waals surface area contributed by atoms with Crippen molar-refractivity contribution in [1.29, 1.82) is 0 Å². The normalized spacial score (nSPS) is 15.4. The molecule has 1 heterocycles. The summed E-state index contributed by atoms with van der Waals surface area (Å²) in [6.45, 7) is 5.91. The number of benzene rings is 3. The molecule has 1 aliphatic rings. The van der Waals surface area contributed by atoms with Gasteiger partial charge in [0.05, 0.1) is 10.6 Å². The van der Waals surface area contributed by atoms with Crippen LogP contribution in [0.5, 0.6) is 5.75 Å². The molecule has 3 aromatic rings. The SMILES string of the molecule is Cc1cccc(N=C2NC(=O)/C(=C/c3cccc(OCC(=O)Nc4ccc(C)c(C)c4)c3)S2)c1. The van der Waals surface area contributed by atoms with E-state index in [9.17, 15) is 9.59 Å².